The van der Waals surface area contributed by atoms with Crippen molar-refractivity contribution in [1.29, 1.82) is 0 Å². The van der Waals surface area contributed by atoms with E-state index in [1.807, 2.05) is 24.3 Å². The number of carbonyl (C=O) groups excluding carboxylic acids is 1. The van der Waals surface area contributed by atoms with E-state index in [9.17, 15) is 13.2 Å². The maximum Gasteiger partial charge on any atom is 0.240 e. The minimum atomic E-state index is -3.50. The first-order valence-electron chi connectivity index (χ1n) is 9.73. The summed E-state index contributed by atoms with van der Waals surface area (Å²) in [5.74, 6) is -0.0118. The SMILES string of the molecule is O=C(CN1CCC(NS(=O)(=O)c2ccccc2)CC1)NCCc1ccc(Cl)cc1. The summed E-state index contributed by atoms with van der Waals surface area (Å²) in [5.41, 5.74) is 1.13. The average molecular weight is 436 g/mol. The summed E-state index contributed by atoms with van der Waals surface area (Å²) >= 11 is 5.87. The molecule has 2 N–H and O–H groups in total. The van der Waals surface area contributed by atoms with E-state index in [0.717, 1.165) is 12.0 Å². The number of rotatable bonds is 8. The topological polar surface area (TPSA) is 78.5 Å². The molecule has 6 nitrogen and oxygen atoms in total. The zero-order valence-electron chi connectivity index (χ0n) is 16.2. The van der Waals surface area contributed by atoms with Crippen molar-refractivity contribution < 1.29 is 13.2 Å². The van der Waals surface area contributed by atoms with Crippen molar-refractivity contribution >= 4 is 27.5 Å². The fourth-order valence-electron chi connectivity index (χ4n) is 3.35. The van der Waals surface area contributed by atoms with Crippen molar-refractivity contribution in [2.24, 2.45) is 0 Å². The lowest BCUT2D eigenvalue weighted by molar-refractivity contribution is -0.122. The number of nitrogens with zero attached hydrogens (tertiary/aromatic N) is 1. The van der Waals surface area contributed by atoms with Gasteiger partial charge in [0, 0.05) is 30.7 Å². The summed E-state index contributed by atoms with van der Waals surface area (Å²) in [4.78, 5) is 14.5. The zero-order chi connectivity index (χ0) is 20.7. The van der Waals surface area contributed by atoms with Crippen LogP contribution in [-0.2, 0) is 21.2 Å². The molecule has 1 amide bonds. The van der Waals surface area contributed by atoms with Crippen LogP contribution in [0, 0.1) is 0 Å². The van der Waals surface area contributed by atoms with Gasteiger partial charge in [-0.05, 0) is 49.1 Å². The van der Waals surface area contributed by atoms with Gasteiger partial charge < -0.3 is 5.32 Å². The molecule has 156 valence electrons. The van der Waals surface area contributed by atoms with Crippen LogP contribution in [0.1, 0.15) is 18.4 Å². The van der Waals surface area contributed by atoms with Crippen LogP contribution in [0.15, 0.2) is 59.5 Å². The van der Waals surface area contributed by atoms with Gasteiger partial charge in [-0.25, -0.2) is 13.1 Å². The third-order valence-corrected chi connectivity index (χ3v) is 6.77. The predicted octanol–water partition coefficient (Wildman–Crippen LogP) is 2.44. The number of hydrogen-bond acceptors (Lipinski definition) is 4. The highest BCUT2D eigenvalue weighted by Gasteiger charge is 2.25. The molecule has 0 unspecified atom stereocenters. The number of piperidine rings is 1. The molecule has 0 saturated carbocycles. The number of hydrogen-bond donors (Lipinski definition) is 2. The van der Waals surface area contributed by atoms with Crippen LogP contribution in [0.2, 0.25) is 5.02 Å². The summed E-state index contributed by atoms with van der Waals surface area (Å²) in [6, 6.07) is 15.9. The van der Waals surface area contributed by atoms with Crippen LogP contribution < -0.4 is 10.0 Å². The van der Waals surface area contributed by atoms with Crippen LogP contribution in [0.4, 0.5) is 0 Å². The molecule has 29 heavy (non-hydrogen) atoms. The molecule has 0 aliphatic carbocycles. The van der Waals surface area contributed by atoms with Crippen molar-refractivity contribution in [3.63, 3.8) is 0 Å². The van der Waals surface area contributed by atoms with Gasteiger partial charge in [0.05, 0.1) is 11.4 Å². The van der Waals surface area contributed by atoms with E-state index in [2.05, 4.69) is 14.9 Å². The van der Waals surface area contributed by atoms with Crippen LogP contribution in [-0.4, -0.2) is 51.4 Å². The fourth-order valence-corrected chi connectivity index (χ4v) is 4.80. The Morgan fingerprint density at radius 2 is 1.69 bits per heavy atom. The van der Waals surface area contributed by atoms with Crippen LogP contribution >= 0.6 is 11.6 Å². The first-order valence-corrected chi connectivity index (χ1v) is 11.6. The van der Waals surface area contributed by atoms with Gasteiger partial charge in [0.1, 0.15) is 0 Å². The highest BCUT2D eigenvalue weighted by atomic mass is 35.5. The summed E-state index contributed by atoms with van der Waals surface area (Å²) in [6.45, 7) is 2.28. The van der Waals surface area contributed by atoms with Gasteiger partial charge in [-0.15, -0.1) is 0 Å². The highest BCUT2D eigenvalue weighted by molar-refractivity contribution is 7.89. The third kappa shape index (κ3) is 6.82. The Balaban J connectivity index is 1.37. The first kappa shape index (κ1) is 21.8. The van der Waals surface area contributed by atoms with E-state index < -0.39 is 10.0 Å². The number of amides is 1. The van der Waals surface area contributed by atoms with E-state index in [-0.39, 0.29) is 16.8 Å². The second-order valence-electron chi connectivity index (χ2n) is 7.21. The van der Waals surface area contributed by atoms with Gasteiger partial charge >= 0.3 is 0 Å². The summed E-state index contributed by atoms with van der Waals surface area (Å²) in [7, 11) is -3.50. The molecular weight excluding hydrogens is 410 g/mol. The molecule has 1 aliphatic rings. The van der Waals surface area contributed by atoms with E-state index >= 15 is 0 Å². The molecular formula is C21H26ClN3O3S. The minimum Gasteiger partial charge on any atom is -0.355 e. The van der Waals surface area contributed by atoms with Gasteiger partial charge in [0.2, 0.25) is 15.9 Å². The molecule has 1 aliphatic heterocycles. The maximum absolute atomic E-state index is 12.4. The molecule has 2 aromatic carbocycles. The van der Waals surface area contributed by atoms with E-state index in [1.54, 1.807) is 30.3 Å². The number of carbonyl (C=O) groups is 1. The largest absolute Gasteiger partial charge is 0.355 e. The van der Waals surface area contributed by atoms with Gasteiger partial charge in [0.15, 0.2) is 0 Å². The van der Waals surface area contributed by atoms with Crippen molar-refractivity contribution in [1.82, 2.24) is 14.9 Å². The Morgan fingerprint density at radius 1 is 1.03 bits per heavy atom. The molecule has 0 atom stereocenters. The number of nitrogens with one attached hydrogen (secondary N) is 2. The van der Waals surface area contributed by atoms with Crippen LogP contribution in [0.5, 0.6) is 0 Å². The summed E-state index contributed by atoms with van der Waals surface area (Å²) < 4.78 is 27.6. The number of likely N-dealkylation sites (tertiary alicyclic amines) is 1. The van der Waals surface area contributed by atoms with Crippen LogP contribution in [0.3, 0.4) is 0 Å². The zero-order valence-corrected chi connectivity index (χ0v) is 17.8. The molecule has 0 radical (unpaired) electrons. The average Bonchev–Trinajstić information content (AvgIpc) is 2.71. The van der Waals surface area contributed by atoms with Crippen molar-refractivity contribution in [2.75, 3.05) is 26.2 Å². The molecule has 1 heterocycles. The van der Waals surface area contributed by atoms with Gasteiger partial charge in [-0.2, -0.15) is 0 Å². The maximum atomic E-state index is 12.4. The molecule has 2 aromatic rings. The molecule has 1 fully saturated rings. The van der Waals surface area contributed by atoms with Crippen molar-refractivity contribution in [2.45, 2.75) is 30.2 Å². The van der Waals surface area contributed by atoms with Gasteiger partial charge in [-0.1, -0.05) is 41.9 Å². The first-order chi connectivity index (χ1) is 13.9. The van der Waals surface area contributed by atoms with E-state index in [4.69, 9.17) is 11.6 Å². The van der Waals surface area contributed by atoms with Crippen LogP contribution in [0.25, 0.3) is 0 Å². The minimum absolute atomic E-state index is 0.0118. The summed E-state index contributed by atoms with van der Waals surface area (Å²) in [5, 5.41) is 3.64. The Kier molecular flexibility index (Phi) is 7.66. The van der Waals surface area contributed by atoms with Gasteiger partial charge in [0.25, 0.3) is 0 Å². The summed E-state index contributed by atoms with van der Waals surface area (Å²) in [6.07, 6.45) is 2.13. The lowest BCUT2D eigenvalue weighted by atomic mass is 10.1. The van der Waals surface area contributed by atoms with E-state index in [1.165, 1.54) is 0 Å². The van der Waals surface area contributed by atoms with E-state index in [0.29, 0.717) is 44.0 Å². The molecule has 0 aromatic heterocycles. The van der Waals surface area contributed by atoms with Crippen molar-refractivity contribution in [3.8, 4) is 0 Å². The molecule has 0 spiro atoms. The number of benzene rings is 2. The molecule has 1 saturated heterocycles. The highest BCUT2D eigenvalue weighted by Crippen LogP contribution is 2.15. The smallest absolute Gasteiger partial charge is 0.240 e. The molecule has 3 rings (SSSR count). The Morgan fingerprint density at radius 3 is 2.34 bits per heavy atom. The predicted molar refractivity (Wildman–Crippen MR) is 114 cm³/mol. The number of halogens is 1. The fraction of sp³-hybridized carbons (Fsp3) is 0.381. The lowest BCUT2D eigenvalue weighted by Gasteiger charge is -2.31. The molecule has 8 heteroatoms. The second-order valence-corrected chi connectivity index (χ2v) is 9.36. The normalized spacial score (nSPS) is 15.9. The monoisotopic (exact) mass is 435 g/mol. The van der Waals surface area contributed by atoms with Crippen molar-refractivity contribution in [3.05, 3.63) is 65.2 Å². The Hall–Kier alpha value is -1.93. The number of sulfonamides is 1. The Labute approximate surface area is 177 Å². The quantitative estimate of drug-likeness (QED) is 0.667. The Bertz CT molecular complexity index is 897. The third-order valence-electron chi connectivity index (χ3n) is 4.98. The second kappa shape index (κ2) is 10.2. The lowest BCUT2D eigenvalue weighted by Crippen LogP contribution is -2.47. The standard InChI is InChI=1S/C21H26ClN3O3S/c22-18-8-6-17(7-9-18)10-13-23-21(26)16-25-14-11-19(12-15-25)24-29(27,28)20-4-2-1-3-5-20/h1-9,19,24H,10-16H2,(H,23,26). The molecule has 0 bridgehead atoms. The van der Waals surface area contributed by atoms with Gasteiger partial charge in [-0.3, -0.25) is 9.69 Å².